The van der Waals surface area contributed by atoms with E-state index in [1.54, 1.807) is 12.1 Å². The van der Waals surface area contributed by atoms with Crippen molar-refractivity contribution in [2.75, 3.05) is 5.75 Å². The molecule has 0 saturated carbocycles. The van der Waals surface area contributed by atoms with Gasteiger partial charge in [0.15, 0.2) is 0 Å². The van der Waals surface area contributed by atoms with Crippen molar-refractivity contribution < 1.29 is 17.4 Å². The average molecular weight is 340 g/mol. The Morgan fingerprint density at radius 3 is 2.38 bits per heavy atom. The van der Waals surface area contributed by atoms with Crippen LogP contribution in [0.2, 0.25) is 0 Å². The van der Waals surface area contributed by atoms with Crippen molar-refractivity contribution in [2.45, 2.75) is 49.7 Å². The van der Waals surface area contributed by atoms with Gasteiger partial charge in [-0.1, -0.05) is 17.8 Å². The SMILES string of the molecule is C[C@@H](NS(=O)C(C)(C)C)c1ccc(SCC(F)(F)F)nc1. The fraction of sp³-hybridized carbons (Fsp3) is 0.615. The van der Waals surface area contributed by atoms with Crippen LogP contribution in [0.5, 0.6) is 0 Å². The summed E-state index contributed by atoms with van der Waals surface area (Å²) in [5, 5.41) is 0.320. The van der Waals surface area contributed by atoms with Crippen molar-refractivity contribution in [3.8, 4) is 0 Å². The second-order valence-electron chi connectivity index (χ2n) is 5.55. The van der Waals surface area contributed by atoms with Gasteiger partial charge < -0.3 is 0 Å². The molecule has 0 amide bonds. The lowest BCUT2D eigenvalue weighted by Gasteiger charge is -2.22. The van der Waals surface area contributed by atoms with Gasteiger partial charge in [-0.15, -0.1) is 0 Å². The zero-order chi connectivity index (χ0) is 16.3. The summed E-state index contributed by atoms with van der Waals surface area (Å²) < 4.78 is 50.9. The van der Waals surface area contributed by atoms with Crippen LogP contribution in [-0.4, -0.2) is 25.9 Å². The molecule has 0 aliphatic heterocycles. The second kappa shape index (κ2) is 7.11. The normalized spacial score (nSPS) is 15.8. The molecule has 21 heavy (non-hydrogen) atoms. The molecule has 1 unspecified atom stereocenters. The number of halogens is 3. The van der Waals surface area contributed by atoms with E-state index in [9.17, 15) is 17.4 Å². The fourth-order valence-corrected chi connectivity index (χ4v) is 2.71. The predicted octanol–water partition coefficient (Wildman–Crippen LogP) is 3.85. The highest BCUT2D eigenvalue weighted by Crippen LogP contribution is 2.26. The van der Waals surface area contributed by atoms with Crippen LogP contribution >= 0.6 is 11.8 Å². The van der Waals surface area contributed by atoms with Crippen LogP contribution in [0.15, 0.2) is 23.4 Å². The molecule has 2 atom stereocenters. The van der Waals surface area contributed by atoms with Gasteiger partial charge in [0, 0.05) is 12.2 Å². The molecule has 1 heterocycles. The van der Waals surface area contributed by atoms with Crippen LogP contribution in [-0.2, 0) is 11.0 Å². The van der Waals surface area contributed by atoms with Gasteiger partial charge >= 0.3 is 6.18 Å². The number of nitrogens with one attached hydrogen (secondary N) is 1. The van der Waals surface area contributed by atoms with Crippen molar-refractivity contribution in [2.24, 2.45) is 0 Å². The molecule has 3 nitrogen and oxygen atoms in total. The molecule has 1 aromatic heterocycles. The van der Waals surface area contributed by atoms with E-state index in [-0.39, 0.29) is 10.8 Å². The number of nitrogens with zero attached hydrogens (tertiary/aromatic N) is 1. The standard InChI is InChI=1S/C13H19F3N2OS2/c1-9(18-21(19)12(2,3)4)10-5-6-11(17-7-10)20-8-13(14,15)16/h5-7,9,18H,8H2,1-4H3/t9-,21?/m1/s1. The minimum absolute atomic E-state index is 0.195. The van der Waals surface area contributed by atoms with Gasteiger partial charge in [-0.25, -0.2) is 13.9 Å². The maximum Gasteiger partial charge on any atom is 0.398 e. The topological polar surface area (TPSA) is 42.0 Å². The summed E-state index contributed by atoms with van der Waals surface area (Å²) in [6.45, 7) is 7.41. The summed E-state index contributed by atoms with van der Waals surface area (Å²) >= 11 is 0.649. The first-order valence-electron chi connectivity index (χ1n) is 6.32. The lowest BCUT2D eigenvalue weighted by atomic mass is 10.2. The molecule has 0 fully saturated rings. The first kappa shape index (κ1) is 18.4. The zero-order valence-electron chi connectivity index (χ0n) is 12.3. The van der Waals surface area contributed by atoms with E-state index in [4.69, 9.17) is 0 Å². The van der Waals surface area contributed by atoms with Gasteiger partial charge in [-0.2, -0.15) is 13.2 Å². The van der Waals surface area contributed by atoms with E-state index in [1.807, 2.05) is 27.7 Å². The summed E-state index contributed by atoms with van der Waals surface area (Å²) in [5.74, 6) is -0.957. The molecule has 0 bridgehead atoms. The lowest BCUT2D eigenvalue weighted by molar-refractivity contribution is -0.105. The van der Waals surface area contributed by atoms with Crippen molar-refractivity contribution in [1.29, 1.82) is 0 Å². The first-order valence-corrected chi connectivity index (χ1v) is 8.46. The number of thioether (sulfide) groups is 1. The van der Waals surface area contributed by atoms with Crippen LogP contribution in [0.25, 0.3) is 0 Å². The highest BCUT2D eigenvalue weighted by molar-refractivity contribution is 7.99. The molecule has 1 rings (SSSR count). The van der Waals surface area contributed by atoms with Crippen molar-refractivity contribution in [3.05, 3.63) is 23.9 Å². The third-order valence-electron chi connectivity index (χ3n) is 2.48. The molecule has 0 radical (unpaired) electrons. The molecule has 0 aliphatic rings. The molecule has 1 aromatic rings. The Morgan fingerprint density at radius 1 is 1.33 bits per heavy atom. The number of aromatic nitrogens is 1. The average Bonchev–Trinajstić information content (AvgIpc) is 2.35. The third-order valence-corrected chi connectivity index (χ3v) is 5.17. The van der Waals surface area contributed by atoms with Gasteiger partial charge in [0.1, 0.15) is 0 Å². The summed E-state index contributed by atoms with van der Waals surface area (Å²) in [6.07, 6.45) is -2.69. The number of alkyl halides is 3. The molecule has 1 N–H and O–H groups in total. The van der Waals surface area contributed by atoms with Crippen molar-refractivity contribution >= 4 is 22.7 Å². The zero-order valence-corrected chi connectivity index (χ0v) is 14.0. The van der Waals surface area contributed by atoms with Gasteiger partial charge in [0.25, 0.3) is 0 Å². The summed E-state index contributed by atoms with van der Waals surface area (Å²) in [4.78, 5) is 4.00. The third kappa shape index (κ3) is 6.80. The molecule has 120 valence electrons. The molecular formula is C13H19F3N2OS2. The van der Waals surface area contributed by atoms with Gasteiger partial charge in [-0.05, 0) is 39.3 Å². The Bertz CT molecular complexity index is 484. The van der Waals surface area contributed by atoms with E-state index in [2.05, 4.69) is 9.71 Å². The smallest absolute Gasteiger partial charge is 0.250 e. The van der Waals surface area contributed by atoms with Crippen LogP contribution in [0.3, 0.4) is 0 Å². The number of rotatable bonds is 5. The fourth-order valence-electron chi connectivity index (χ4n) is 1.29. The maximum absolute atomic E-state index is 12.1. The Labute approximate surface area is 129 Å². The van der Waals surface area contributed by atoms with Crippen LogP contribution in [0.4, 0.5) is 13.2 Å². The van der Waals surface area contributed by atoms with E-state index in [0.29, 0.717) is 16.8 Å². The Morgan fingerprint density at radius 2 is 1.95 bits per heavy atom. The Kier molecular flexibility index (Phi) is 6.24. The molecule has 0 aromatic carbocycles. The summed E-state index contributed by atoms with van der Waals surface area (Å²) in [6, 6.07) is 3.05. The second-order valence-corrected chi connectivity index (χ2v) is 8.55. The quantitative estimate of drug-likeness (QED) is 0.828. The highest BCUT2D eigenvalue weighted by atomic mass is 32.2. The van der Waals surface area contributed by atoms with Crippen molar-refractivity contribution in [3.63, 3.8) is 0 Å². The van der Waals surface area contributed by atoms with Crippen LogP contribution in [0, 0.1) is 0 Å². The molecule has 0 spiro atoms. The number of hydrogen-bond acceptors (Lipinski definition) is 3. The Balaban J connectivity index is 2.63. The monoisotopic (exact) mass is 340 g/mol. The maximum atomic E-state index is 12.1. The van der Waals surface area contributed by atoms with Crippen LogP contribution in [0.1, 0.15) is 39.3 Å². The highest BCUT2D eigenvalue weighted by Gasteiger charge is 2.27. The Hall–Kier alpha value is -0.600. The minimum Gasteiger partial charge on any atom is -0.250 e. The lowest BCUT2D eigenvalue weighted by Crippen LogP contribution is -2.34. The number of hydrogen-bond donors (Lipinski definition) is 1. The summed E-state index contributed by atoms with van der Waals surface area (Å²) in [7, 11) is -1.22. The molecule has 0 aliphatic carbocycles. The van der Waals surface area contributed by atoms with Gasteiger partial charge in [0.05, 0.1) is 26.5 Å². The number of pyridine rings is 1. The summed E-state index contributed by atoms with van der Waals surface area (Å²) in [5.41, 5.74) is 0.781. The van der Waals surface area contributed by atoms with E-state index >= 15 is 0 Å². The van der Waals surface area contributed by atoms with Gasteiger partial charge in [-0.3, -0.25) is 0 Å². The van der Waals surface area contributed by atoms with E-state index < -0.39 is 22.9 Å². The van der Waals surface area contributed by atoms with E-state index in [0.717, 1.165) is 5.56 Å². The van der Waals surface area contributed by atoms with E-state index in [1.165, 1.54) is 6.20 Å². The molecule has 0 saturated heterocycles. The van der Waals surface area contributed by atoms with Gasteiger partial charge in [0.2, 0.25) is 0 Å². The minimum atomic E-state index is -4.20. The molecule has 8 heteroatoms. The van der Waals surface area contributed by atoms with Crippen molar-refractivity contribution in [1.82, 2.24) is 9.71 Å². The predicted molar refractivity (Wildman–Crippen MR) is 80.5 cm³/mol. The largest absolute Gasteiger partial charge is 0.398 e. The first-order chi connectivity index (χ1) is 9.49. The molecular weight excluding hydrogens is 321 g/mol. The van der Waals surface area contributed by atoms with Crippen LogP contribution < -0.4 is 4.72 Å².